The quantitative estimate of drug-likeness (QED) is 0.913. The van der Waals surface area contributed by atoms with Crippen LogP contribution in [0.25, 0.3) is 0 Å². The Morgan fingerprint density at radius 3 is 2.58 bits per heavy atom. The maximum Gasteiger partial charge on any atom is 0.0445 e. The van der Waals surface area contributed by atoms with Gasteiger partial charge in [-0.15, -0.1) is 0 Å². The number of rotatable bonds is 4. The van der Waals surface area contributed by atoms with Crippen molar-refractivity contribution >= 4 is 5.69 Å². The number of benzene rings is 1. The maximum atomic E-state index is 5.80. The zero-order chi connectivity index (χ0) is 13.8. The number of pyridine rings is 1. The molecule has 2 aromatic rings. The number of nitrogens with zero attached hydrogens (tertiary/aromatic N) is 2. The molecule has 0 unspecified atom stereocenters. The van der Waals surface area contributed by atoms with Crippen molar-refractivity contribution in [1.29, 1.82) is 0 Å². The Balaban J connectivity index is 2.27. The Kier molecular flexibility index (Phi) is 4.17. The molecule has 1 aromatic heterocycles. The highest BCUT2D eigenvalue weighted by Crippen LogP contribution is 2.22. The normalized spacial score (nSPS) is 10.5. The number of nitrogens with two attached hydrogens (primary N) is 1. The van der Waals surface area contributed by atoms with Gasteiger partial charge in [-0.2, -0.15) is 0 Å². The average Bonchev–Trinajstić information content (AvgIpc) is 2.41. The van der Waals surface area contributed by atoms with Crippen molar-refractivity contribution in [2.45, 2.75) is 26.9 Å². The summed E-state index contributed by atoms with van der Waals surface area (Å²) in [5.41, 5.74) is 11.7. The molecule has 0 saturated heterocycles. The SMILES string of the molecule is Cc1cc(N(C)Cc2ccccc2C)c(CN)cn1. The Morgan fingerprint density at radius 1 is 1.16 bits per heavy atom. The van der Waals surface area contributed by atoms with Crippen LogP contribution in [0.1, 0.15) is 22.4 Å². The van der Waals surface area contributed by atoms with Crippen LogP contribution in [0.2, 0.25) is 0 Å². The predicted molar refractivity (Wildman–Crippen MR) is 80.2 cm³/mol. The van der Waals surface area contributed by atoms with Gasteiger partial charge in [-0.05, 0) is 31.0 Å². The molecule has 0 fully saturated rings. The standard InChI is InChI=1S/C16H21N3/c1-12-6-4-5-7-14(12)11-19(3)16-8-13(2)18-10-15(16)9-17/h4-8,10H,9,11,17H2,1-3H3. The lowest BCUT2D eigenvalue weighted by Crippen LogP contribution is -2.20. The maximum absolute atomic E-state index is 5.80. The number of hydrogen-bond donors (Lipinski definition) is 1. The Labute approximate surface area is 115 Å². The summed E-state index contributed by atoms with van der Waals surface area (Å²) in [5, 5.41) is 0. The van der Waals surface area contributed by atoms with E-state index in [0.29, 0.717) is 6.54 Å². The van der Waals surface area contributed by atoms with Crippen LogP contribution >= 0.6 is 0 Å². The largest absolute Gasteiger partial charge is 0.370 e. The van der Waals surface area contributed by atoms with Gasteiger partial charge in [0.2, 0.25) is 0 Å². The first kappa shape index (κ1) is 13.6. The third-order valence-corrected chi connectivity index (χ3v) is 3.40. The minimum Gasteiger partial charge on any atom is -0.370 e. The summed E-state index contributed by atoms with van der Waals surface area (Å²) in [6.07, 6.45) is 1.87. The highest BCUT2D eigenvalue weighted by atomic mass is 15.1. The molecule has 100 valence electrons. The highest BCUT2D eigenvalue weighted by molar-refractivity contribution is 5.53. The van der Waals surface area contributed by atoms with Crippen LogP contribution < -0.4 is 10.6 Å². The molecule has 2 N–H and O–H groups in total. The van der Waals surface area contributed by atoms with Crippen LogP contribution in [0, 0.1) is 13.8 Å². The molecule has 0 atom stereocenters. The molecule has 1 aromatic carbocycles. The van der Waals surface area contributed by atoms with Gasteiger partial charge in [-0.1, -0.05) is 24.3 Å². The van der Waals surface area contributed by atoms with E-state index in [-0.39, 0.29) is 0 Å². The van der Waals surface area contributed by atoms with Crippen molar-refractivity contribution < 1.29 is 0 Å². The number of aryl methyl sites for hydroxylation is 2. The second-order valence-corrected chi connectivity index (χ2v) is 4.94. The molecule has 3 nitrogen and oxygen atoms in total. The van der Waals surface area contributed by atoms with Crippen LogP contribution in [0.4, 0.5) is 5.69 Å². The van der Waals surface area contributed by atoms with Gasteiger partial charge < -0.3 is 10.6 Å². The molecule has 0 bridgehead atoms. The fourth-order valence-corrected chi connectivity index (χ4v) is 2.21. The minimum absolute atomic E-state index is 0.515. The first-order chi connectivity index (χ1) is 9.11. The van der Waals surface area contributed by atoms with Gasteiger partial charge in [-0.3, -0.25) is 4.98 Å². The highest BCUT2D eigenvalue weighted by Gasteiger charge is 2.09. The molecule has 0 aliphatic heterocycles. The van der Waals surface area contributed by atoms with Crippen LogP contribution in [0.5, 0.6) is 0 Å². The lowest BCUT2D eigenvalue weighted by atomic mass is 10.1. The summed E-state index contributed by atoms with van der Waals surface area (Å²) in [6.45, 7) is 5.54. The summed E-state index contributed by atoms with van der Waals surface area (Å²) in [6, 6.07) is 10.6. The van der Waals surface area contributed by atoms with E-state index in [1.54, 1.807) is 0 Å². The summed E-state index contributed by atoms with van der Waals surface area (Å²) < 4.78 is 0. The molecule has 3 heteroatoms. The van der Waals surface area contributed by atoms with E-state index in [2.05, 4.69) is 54.2 Å². The Bertz CT molecular complexity index is 564. The van der Waals surface area contributed by atoms with Crippen LogP contribution in [0.3, 0.4) is 0 Å². The van der Waals surface area contributed by atoms with Gasteiger partial charge in [-0.25, -0.2) is 0 Å². The smallest absolute Gasteiger partial charge is 0.0445 e. The summed E-state index contributed by atoms with van der Waals surface area (Å²) in [7, 11) is 2.10. The first-order valence-corrected chi connectivity index (χ1v) is 6.53. The van der Waals surface area contributed by atoms with E-state index in [9.17, 15) is 0 Å². The lowest BCUT2D eigenvalue weighted by Gasteiger charge is -2.23. The molecule has 19 heavy (non-hydrogen) atoms. The number of aromatic nitrogens is 1. The van der Waals surface area contributed by atoms with Gasteiger partial charge in [0.15, 0.2) is 0 Å². The van der Waals surface area contributed by atoms with Crippen molar-refractivity contribution in [2.75, 3.05) is 11.9 Å². The van der Waals surface area contributed by atoms with E-state index >= 15 is 0 Å². The molecule has 0 aliphatic rings. The Morgan fingerprint density at radius 2 is 1.89 bits per heavy atom. The molecule has 1 heterocycles. The molecule has 0 spiro atoms. The van der Waals surface area contributed by atoms with Crippen LogP contribution in [-0.2, 0) is 13.1 Å². The van der Waals surface area contributed by atoms with Crippen molar-refractivity contribution in [3.63, 3.8) is 0 Å². The lowest BCUT2D eigenvalue weighted by molar-refractivity contribution is 0.888. The molecule has 0 aliphatic carbocycles. The molecular formula is C16H21N3. The van der Waals surface area contributed by atoms with Crippen LogP contribution in [0.15, 0.2) is 36.5 Å². The third kappa shape index (κ3) is 3.12. The van der Waals surface area contributed by atoms with E-state index in [4.69, 9.17) is 5.73 Å². The Hall–Kier alpha value is -1.87. The van der Waals surface area contributed by atoms with Crippen molar-refractivity contribution in [1.82, 2.24) is 4.98 Å². The van der Waals surface area contributed by atoms with Crippen LogP contribution in [-0.4, -0.2) is 12.0 Å². The monoisotopic (exact) mass is 255 g/mol. The summed E-state index contributed by atoms with van der Waals surface area (Å²) in [4.78, 5) is 6.55. The fraction of sp³-hybridized carbons (Fsp3) is 0.312. The fourth-order valence-electron chi connectivity index (χ4n) is 2.21. The average molecular weight is 255 g/mol. The van der Waals surface area contributed by atoms with Gasteiger partial charge in [0.05, 0.1) is 0 Å². The van der Waals surface area contributed by atoms with Crippen molar-refractivity contribution in [2.24, 2.45) is 5.73 Å². The second kappa shape index (κ2) is 5.85. The third-order valence-electron chi connectivity index (χ3n) is 3.40. The molecular weight excluding hydrogens is 234 g/mol. The summed E-state index contributed by atoms with van der Waals surface area (Å²) >= 11 is 0. The topological polar surface area (TPSA) is 42.1 Å². The van der Waals surface area contributed by atoms with Gasteiger partial charge in [0.1, 0.15) is 0 Å². The van der Waals surface area contributed by atoms with E-state index < -0.39 is 0 Å². The predicted octanol–water partition coefficient (Wildman–Crippen LogP) is 2.79. The molecule has 0 amide bonds. The van der Waals surface area contributed by atoms with E-state index in [0.717, 1.165) is 17.8 Å². The second-order valence-electron chi connectivity index (χ2n) is 4.94. The summed E-state index contributed by atoms with van der Waals surface area (Å²) in [5.74, 6) is 0. The molecule has 2 rings (SSSR count). The van der Waals surface area contributed by atoms with Gasteiger partial charge in [0.25, 0.3) is 0 Å². The first-order valence-electron chi connectivity index (χ1n) is 6.53. The number of hydrogen-bond acceptors (Lipinski definition) is 3. The number of anilines is 1. The molecule has 0 saturated carbocycles. The van der Waals surface area contributed by atoms with E-state index in [1.807, 2.05) is 13.1 Å². The van der Waals surface area contributed by atoms with E-state index in [1.165, 1.54) is 16.8 Å². The van der Waals surface area contributed by atoms with Crippen molar-refractivity contribution in [3.8, 4) is 0 Å². The zero-order valence-corrected chi connectivity index (χ0v) is 11.9. The van der Waals surface area contributed by atoms with Gasteiger partial charge >= 0.3 is 0 Å². The van der Waals surface area contributed by atoms with Crippen molar-refractivity contribution in [3.05, 3.63) is 58.9 Å². The molecule has 0 radical (unpaired) electrons. The van der Waals surface area contributed by atoms with Gasteiger partial charge in [0, 0.05) is 43.3 Å². The minimum atomic E-state index is 0.515. The zero-order valence-electron chi connectivity index (χ0n) is 11.9.